The van der Waals surface area contributed by atoms with Gasteiger partial charge in [0.15, 0.2) is 5.76 Å². The molecule has 3 heteroatoms. The number of rotatable bonds is 5. The zero-order valence-electron chi connectivity index (χ0n) is 17.2. The minimum atomic E-state index is 0.583. The van der Waals surface area contributed by atoms with Crippen molar-refractivity contribution in [1.29, 1.82) is 0 Å². The molecule has 0 atom stereocenters. The Balaban J connectivity index is 1.72. The Morgan fingerprint density at radius 1 is 0.581 bits per heavy atom. The monoisotopic (exact) mass is 403 g/mol. The van der Waals surface area contributed by atoms with Gasteiger partial charge >= 0.3 is 0 Å². The lowest BCUT2D eigenvalue weighted by molar-refractivity contribution is 0.416. The maximum Gasteiger partial charge on any atom is 0.227 e. The first-order valence-corrected chi connectivity index (χ1v) is 10.2. The molecule has 0 amide bonds. The SMILES string of the molecule is COc1ccccc1-c1ccccc1-c1nc(-c2ccccc2)c(-c2ccccc2)o1. The van der Waals surface area contributed by atoms with Crippen molar-refractivity contribution in [3.63, 3.8) is 0 Å². The highest BCUT2D eigenvalue weighted by atomic mass is 16.5. The number of hydrogen-bond donors (Lipinski definition) is 0. The van der Waals surface area contributed by atoms with Gasteiger partial charge in [-0.15, -0.1) is 0 Å². The fourth-order valence-electron chi connectivity index (χ4n) is 3.78. The highest BCUT2D eigenvalue weighted by Crippen LogP contribution is 2.40. The molecule has 0 N–H and O–H groups in total. The lowest BCUT2D eigenvalue weighted by atomic mass is 9.99. The second kappa shape index (κ2) is 8.33. The van der Waals surface area contributed by atoms with Gasteiger partial charge in [-0.3, -0.25) is 0 Å². The van der Waals surface area contributed by atoms with Crippen LogP contribution in [0.3, 0.4) is 0 Å². The summed E-state index contributed by atoms with van der Waals surface area (Å²) in [4.78, 5) is 4.96. The highest BCUT2D eigenvalue weighted by molar-refractivity contribution is 5.86. The molecule has 1 heterocycles. The molecule has 0 saturated heterocycles. The molecule has 0 saturated carbocycles. The molecular formula is C28H21NO2. The zero-order chi connectivity index (χ0) is 21.0. The lowest BCUT2D eigenvalue weighted by Gasteiger charge is -2.11. The molecule has 0 aliphatic carbocycles. The van der Waals surface area contributed by atoms with Crippen LogP contribution in [0.2, 0.25) is 0 Å². The molecule has 0 aliphatic heterocycles. The van der Waals surface area contributed by atoms with Gasteiger partial charge < -0.3 is 9.15 Å². The Morgan fingerprint density at radius 3 is 1.81 bits per heavy atom. The molecule has 5 aromatic rings. The van der Waals surface area contributed by atoms with Gasteiger partial charge in [-0.05, 0) is 17.7 Å². The largest absolute Gasteiger partial charge is 0.496 e. The minimum absolute atomic E-state index is 0.583. The Morgan fingerprint density at radius 2 is 1.13 bits per heavy atom. The number of para-hydroxylation sites is 1. The van der Waals surface area contributed by atoms with Crippen LogP contribution in [-0.4, -0.2) is 12.1 Å². The molecule has 0 bridgehead atoms. The van der Waals surface area contributed by atoms with Gasteiger partial charge in [0.2, 0.25) is 5.89 Å². The van der Waals surface area contributed by atoms with Crippen LogP contribution in [0.4, 0.5) is 0 Å². The summed E-state index contributed by atoms with van der Waals surface area (Å²) in [5, 5.41) is 0. The van der Waals surface area contributed by atoms with Crippen molar-refractivity contribution in [2.24, 2.45) is 0 Å². The maximum atomic E-state index is 6.43. The molecule has 0 fully saturated rings. The van der Waals surface area contributed by atoms with Crippen molar-refractivity contribution in [3.05, 3.63) is 109 Å². The molecule has 0 radical (unpaired) electrons. The van der Waals surface area contributed by atoms with Gasteiger partial charge in [-0.1, -0.05) is 97.1 Å². The summed E-state index contributed by atoms with van der Waals surface area (Å²) in [5.41, 5.74) is 5.78. The Kier molecular flexibility index (Phi) is 5.07. The van der Waals surface area contributed by atoms with Gasteiger partial charge in [-0.2, -0.15) is 0 Å². The maximum absolute atomic E-state index is 6.43. The molecule has 0 aliphatic rings. The van der Waals surface area contributed by atoms with Crippen LogP contribution >= 0.6 is 0 Å². The number of methoxy groups -OCH3 is 1. The van der Waals surface area contributed by atoms with E-state index in [1.54, 1.807) is 7.11 Å². The summed E-state index contributed by atoms with van der Waals surface area (Å²) in [6.07, 6.45) is 0. The standard InChI is InChI=1S/C28H21NO2/c1-30-25-19-11-10-17-23(25)22-16-8-9-18-24(22)28-29-26(20-12-4-2-5-13-20)27(31-28)21-14-6-3-7-15-21/h2-19H,1H3. The van der Waals surface area contributed by atoms with Crippen LogP contribution in [0, 0.1) is 0 Å². The van der Waals surface area contributed by atoms with Gasteiger partial charge in [-0.25, -0.2) is 4.98 Å². The van der Waals surface area contributed by atoms with E-state index in [-0.39, 0.29) is 0 Å². The van der Waals surface area contributed by atoms with E-state index < -0.39 is 0 Å². The highest BCUT2D eigenvalue weighted by Gasteiger charge is 2.20. The summed E-state index contributed by atoms with van der Waals surface area (Å²) < 4.78 is 12.0. The van der Waals surface area contributed by atoms with Crippen LogP contribution < -0.4 is 4.74 Å². The van der Waals surface area contributed by atoms with Crippen LogP contribution in [-0.2, 0) is 0 Å². The second-order valence-electron chi connectivity index (χ2n) is 7.17. The summed E-state index contributed by atoms with van der Waals surface area (Å²) >= 11 is 0. The Labute approximate surface area is 181 Å². The number of aromatic nitrogens is 1. The van der Waals surface area contributed by atoms with Crippen LogP contribution in [0.25, 0.3) is 45.2 Å². The molecule has 31 heavy (non-hydrogen) atoms. The fraction of sp³-hybridized carbons (Fsp3) is 0.0357. The molecule has 3 nitrogen and oxygen atoms in total. The van der Waals surface area contributed by atoms with Crippen molar-refractivity contribution in [2.45, 2.75) is 0 Å². The van der Waals surface area contributed by atoms with E-state index in [4.69, 9.17) is 14.1 Å². The predicted octanol–water partition coefficient (Wildman–Crippen LogP) is 7.35. The van der Waals surface area contributed by atoms with Crippen molar-refractivity contribution < 1.29 is 9.15 Å². The van der Waals surface area contributed by atoms with E-state index in [9.17, 15) is 0 Å². The average molecular weight is 403 g/mol. The lowest BCUT2D eigenvalue weighted by Crippen LogP contribution is -1.90. The molecular weight excluding hydrogens is 382 g/mol. The first-order chi connectivity index (χ1) is 15.3. The number of ether oxygens (including phenoxy) is 1. The summed E-state index contributed by atoms with van der Waals surface area (Å²) in [6, 6.07) is 36.4. The third kappa shape index (κ3) is 3.62. The van der Waals surface area contributed by atoms with Gasteiger partial charge in [0.1, 0.15) is 11.4 Å². The smallest absolute Gasteiger partial charge is 0.227 e. The average Bonchev–Trinajstić information content (AvgIpc) is 3.30. The number of hydrogen-bond acceptors (Lipinski definition) is 3. The van der Waals surface area contributed by atoms with Gasteiger partial charge in [0, 0.05) is 22.3 Å². The second-order valence-corrected chi connectivity index (χ2v) is 7.17. The first kappa shape index (κ1) is 18.9. The molecule has 4 aromatic carbocycles. The van der Waals surface area contributed by atoms with Crippen molar-refractivity contribution in [2.75, 3.05) is 7.11 Å². The Bertz CT molecular complexity index is 1250. The summed E-state index contributed by atoms with van der Waals surface area (Å²) in [7, 11) is 1.69. The first-order valence-electron chi connectivity index (χ1n) is 10.2. The summed E-state index contributed by atoms with van der Waals surface area (Å²) in [6.45, 7) is 0. The normalized spacial score (nSPS) is 10.7. The number of nitrogens with zero attached hydrogens (tertiary/aromatic N) is 1. The molecule has 0 unspecified atom stereocenters. The van der Waals surface area contributed by atoms with Crippen LogP contribution in [0.15, 0.2) is 114 Å². The molecule has 1 aromatic heterocycles. The van der Waals surface area contributed by atoms with E-state index in [1.165, 1.54) is 0 Å². The van der Waals surface area contributed by atoms with E-state index in [1.807, 2.05) is 84.9 Å². The topological polar surface area (TPSA) is 35.3 Å². The Hall–Kier alpha value is -4.11. The van der Waals surface area contributed by atoms with E-state index in [0.717, 1.165) is 45.0 Å². The van der Waals surface area contributed by atoms with Gasteiger partial charge in [0.05, 0.1) is 7.11 Å². The minimum Gasteiger partial charge on any atom is -0.496 e. The predicted molar refractivity (Wildman–Crippen MR) is 125 cm³/mol. The van der Waals surface area contributed by atoms with E-state index in [0.29, 0.717) is 5.89 Å². The fourth-order valence-corrected chi connectivity index (χ4v) is 3.78. The van der Waals surface area contributed by atoms with Crippen molar-refractivity contribution >= 4 is 0 Å². The van der Waals surface area contributed by atoms with Gasteiger partial charge in [0.25, 0.3) is 0 Å². The zero-order valence-corrected chi connectivity index (χ0v) is 17.2. The van der Waals surface area contributed by atoms with Crippen molar-refractivity contribution in [3.8, 4) is 50.9 Å². The quantitative estimate of drug-likeness (QED) is 0.308. The van der Waals surface area contributed by atoms with E-state index in [2.05, 4.69) is 24.3 Å². The van der Waals surface area contributed by atoms with E-state index >= 15 is 0 Å². The molecule has 0 spiro atoms. The molecule has 150 valence electrons. The molecule has 5 rings (SSSR count). The third-order valence-electron chi connectivity index (χ3n) is 5.26. The van der Waals surface area contributed by atoms with Crippen LogP contribution in [0.1, 0.15) is 0 Å². The number of benzene rings is 4. The number of oxazole rings is 1. The third-order valence-corrected chi connectivity index (χ3v) is 5.26. The van der Waals surface area contributed by atoms with Crippen LogP contribution in [0.5, 0.6) is 5.75 Å². The summed E-state index contributed by atoms with van der Waals surface area (Å²) in [5.74, 6) is 2.16. The van der Waals surface area contributed by atoms with Crippen molar-refractivity contribution in [1.82, 2.24) is 4.98 Å².